The molecule has 0 aromatic heterocycles. The number of alkyl carbamates (subject to hydrolysis) is 1. The molecule has 0 radical (unpaired) electrons. The molecule has 0 aliphatic carbocycles. The van der Waals surface area contributed by atoms with Gasteiger partial charge in [0.05, 0.1) is 0 Å². The van der Waals surface area contributed by atoms with Gasteiger partial charge in [-0.1, -0.05) is 23.7 Å². The Morgan fingerprint density at radius 1 is 1.53 bits per heavy atom. The molecule has 1 amide bonds. The predicted molar refractivity (Wildman–Crippen MR) is 58.4 cm³/mol. The first-order valence-electron chi connectivity index (χ1n) is 4.98. The number of alkyl halides is 2. The highest BCUT2D eigenvalue weighted by Crippen LogP contribution is 2.38. The summed E-state index contributed by atoms with van der Waals surface area (Å²) in [5, 5.41) is 2.31. The molecule has 0 bridgehead atoms. The Morgan fingerprint density at radius 2 is 2.24 bits per heavy atom. The van der Waals surface area contributed by atoms with E-state index in [4.69, 9.17) is 11.6 Å². The smallest absolute Gasteiger partial charge is 0.408 e. The first kappa shape index (κ1) is 12.1. The number of hydrogen-bond acceptors (Lipinski definition) is 2. The highest BCUT2D eigenvalue weighted by Gasteiger charge is 2.47. The standard InChI is InChI=1S/C11H10ClF2NO2/c1-6-3-2-4-7(12)8(6)9-11(13,14)5-17-10(16)15-9/h2-4,9H,5H2,1H3,(H,15,16)/t9-/m1/s1. The monoisotopic (exact) mass is 261 g/mol. The number of halogens is 3. The minimum Gasteiger partial charge on any atom is -0.443 e. The minimum atomic E-state index is -3.18. The topological polar surface area (TPSA) is 38.3 Å². The molecule has 1 aliphatic rings. The normalized spacial score (nSPS) is 22.8. The number of amides is 1. The van der Waals surface area contributed by atoms with E-state index in [9.17, 15) is 13.6 Å². The Hall–Kier alpha value is -1.36. The molecule has 92 valence electrons. The number of ether oxygens (including phenoxy) is 1. The van der Waals surface area contributed by atoms with E-state index in [0.717, 1.165) is 0 Å². The number of rotatable bonds is 1. The average Bonchev–Trinajstić information content (AvgIpc) is 2.23. The molecule has 1 atom stereocenters. The van der Waals surface area contributed by atoms with Crippen LogP contribution in [0.4, 0.5) is 13.6 Å². The first-order chi connectivity index (χ1) is 7.92. The van der Waals surface area contributed by atoms with Crippen LogP contribution in [0.2, 0.25) is 5.02 Å². The second-order valence-electron chi connectivity index (χ2n) is 3.88. The Balaban J connectivity index is 2.46. The van der Waals surface area contributed by atoms with Gasteiger partial charge in [-0.2, -0.15) is 0 Å². The van der Waals surface area contributed by atoms with Crippen LogP contribution in [0.1, 0.15) is 17.2 Å². The highest BCUT2D eigenvalue weighted by molar-refractivity contribution is 6.31. The maximum Gasteiger partial charge on any atom is 0.408 e. The minimum absolute atomic E-state index is 0.205. The van der Waals surface area contributed by atoms with Gasteiger partial charge in [-0.3, -0.25) is 0 Å². The van der Waals surface area contributed by atoms with Gasteiger partial charge in [0, 0.05) is 10.6 Å². The SMILES string of the molecule is Cc1cccc(Cl)c1[C@H]1NC(=O)OCC1(F)F. The van der Waals surface area contributed by atoms with Gasteiger partial charge in [0.1, 0.15) is 6.04 Å². The zero-order valence-electron chi connectivity index (χ0n) is 8.97. The van der Waals surface area contributed by atoms with Crippen molar-refractivity contribution in [1.82, 2.24) is 5.32 Å². The molecule has 0 saturated carbocycles. The summed E-state index contributed by atoms with van der Waals surface area (Å²) in [6.07, 6.45) is -0.861. The maximum atomic E-state index is 13.7. The van der Waals surface area contributed by atoms with Crippen LogP contribution in [0.25, 0.3) is 0 Å². The third kappa shape index (κ3) is 2.20. The van der Waals surface area contributed by atoms with Crippen molar-refractivity contribution in [2.75, 3.05) is 6.61 Å². The summed E-state index contributed by atoms with van der Waals surface area (Å²) < 4.78 is 31.7. The molecule has 6 heteroatoms. The molecule has 1 saturated heterocycles. The molecule has 3 nitrogen and oxygen atoms in total. The number of aryl methyl sites for hydroxylation is 1. The molecule has 17 heavy (non-hydrogen) atoms. The lowest BCUT2D eigenvalue weighted by Gasteiger charge is -2.33. The number of carbonyl (C=O) groups excluding carboxylic acids is 1. The maximum absolute atomic E-state index is 13.7. The van der Waals surface area contributed by atoms with Crippen LogP contribution in [0.15, 0.2) is 18.2 Å². The van der Waals surface area contributed by atoms with Gasteiger partial charge in [0.25, 0.3) is 0 Å². The average molecular weight is 262 g/mol. The van der Waals surface area contributed by atoms with E-state index in [0.29, 0.717) is 5.56 Å². The molecule has 2 rings (SSSR count). The number of cyclic esters (lactones) is 1. The van der Waals surface area contributed by atoms with Gasteiger partial charge in [-0.25, -0.2) is 13.6 Å². The van der Waals surface area contributed by atoms with Crippen molar-refractivity contribution in [3.8, 4) is 0 Å². The molecular formula is C11H10ClF2NO2. The number of nitrogens with one attached hydrogen (secondary N) is 1. The van der Waals surface area contributed by atoms with Gasteiger partial charge in [-0.05, 0) is 18.6 Å². The van der Waals surface area contributed by atoms with Gasteiger partial charge >= 0.3 is 12.0 Å². The molecule has 1 aliphatic heterocycles. The van der Waals surface area contributed by atoms with E-state index in [1.807, 2.05) is 0 Å². The molecule has 0 unspecified atom stereocenters. The van der Waals surface area contributed by atoms with E-state index in [2.05, 4.69) is 10.1 Å². The van der Waals surface area contributed by atoms with Crippen LogP contribution in [-0.4, -0.2) is 18.6 Å². The summed E-state index contributed by atoms with van der Waals surface area (Å²) in [6.45, 7) is 0.729. The summed E-state index contributed by atoms with van der Waals surface area (Å²) in [4.78, 5) is 11.0. The second kappa shape index (κ2) is 4.14. The molecule has 1 fully saturated rings. The van der Waals surface area contributed by atoms with E-state index < -0.39 is 24.7 Å². The fourth-order valence-corrected chi connectivity index (χ4v) is 2.13. The Morgan fingerprint density at radius 3 is 2.88 bits per heavy atom. The fourth-order valence-electron chi connectivity index (χ4n) is 1.80. The Labute approximate surface area is 102 Å². The molecule has 1 aromatic carbocycles. The largest absolute Gasteiger partial charge is 0.443 e. The van der Waals surface area contributed by atoms with Crippen molar-refractivity contribution in [3.05, 3.63) is 34.3 Å². The van der Waals surface area contributed by atoms with Gasteiger partial charge < -0.3 is 10.1 Å². The first-order valence-corrected chi connectivity index (χ1v) is 5.36. The van der Waals surface area contributed by atoms with Crippen LogP contribution < -0.4 is 5.32 Å². The van der Waals surface area contributed by atoms with E-state index in [1.54, 1.807) is 19.1 Å². The highest BCUT2D eigenvalue weighted by atomic mass is 35.5. The third-order valence-electron chi connectivity index (χ3n) is 2.64. The molecular weight excluding hydrogens is 252 g/mol. The quantitative estimate of drug-likeness (QED) is 0.844. The molecule has 0 spiro atoms. The van der Waals surface area contributed by atoms with Crippen molar-refractivity contribution < 1.29 is 18.3 Å². The van der Waals surface area contributed by atoms with E-state index in [-0.39, 0.29) is 10.6 Å². The molecule has 1 heterocycles. The fraction of sp³-hybridized carbons (Fsp3) is 0.364. The van der Waals surface area contributed by atoms with Crippen molar-refractivity contribution in [2.24, 2.45) is 0 Å². The number of hydrogen-bond donors (Lipinski definition) is 1. The third-order valence-corrected chi connectivity index (χ3v) is 2.97. The molecule has 1 aromatic rings. The molecule has 1 N–H and O–H groups in total. The summed E-state index contributed by atoms with van der Waals surface area (Å²) >= 11 is 5.91. The summed E-state index contributed by atoms with van der Waals surface area (Å²) in [6, 6.07) is 3.40. The Kier molecular flexibility index (Phi) is 2.95. The second-order valence-corrected chi connectivity index (χ2v) is 4.29. The van der Waals surface area contributed by atoms with Crippen LogP contribution in [0.5, 0.6) is 0 Å². The van der Waals surface area contributed by atoms with Crippen molar-refractivity contribution in [1.29, 1.82) is 0 Å². The van der Waals surface area contributed by atoms with Crippen LogP contribution in [0.3, 0.4) is 0 Å². The van der Waals surface area contributed by atoms with Crippen LogP contribution in [-0.2, 0) is 4.74 Å². The zero-order chi connectivity index (χ0) is 12.6. The summed E-state index contributed by atoms with van der Waals surface area (Å²) in [5.74, 6) is -3.18. The lowest BCUT2D eigenvalue weighted by Crippen LogP contribution is -2.49. The number of benzene rings is 1. The van der Waals surface area contributed by atoms with E-state index in [1.165, 1.54) is 6.07 Å². The van der Waals surface area contributed by atoms with Crippen molar-refractivity contribution >= 4 is 17.7 Å². The Bertz CT molecular complexity index is 445. The predicted octanol–water partition coefficient (Wildman–Crippen LogP) is 3.06. The van der Waals surface area contributed by atoms with Crippen LogP contribution >= 0.6 is 11.6 Å². The lowest BCUT2D eigenvalue weighted by molar-refractivity contribution is -0.104. The van der Waals surface area contributed by atoms with Crippen LogP contribution in [0, 0.1) is 6.92 Å². The summed E-state index contributed by atoms with van der Waals surface area (Å²) in [7, 11) is 0. The number of carbonyl (C=O) groups is 1. The zero-order valence-corrected chi connectivity index (χ0v) is 9.72. The lowest BCUT2D eigenvalue weighted by atomic mass is 9.96. The van der Waals surface area contributed by atoms with Crippen molar-refractivity contribution in [3.63, 3.8) is 0 Å². The van der Waals surface area contributed by atoms with Gasteiger partial charge in [0.2, 0.25) is 0 Å². The van der Waals surface area contributed by atoms with Crippen molar-refractivity contribution in [2.45, 2.75) is 18.9 Å². The van der Waals surface area contributed by atoms with E-state index >= 15 is 0 Å². The van der Waals surface area contributed by atoms with Gasteiger partial charge in [0.15, 0.2) is 6.61 Å². The summed E-state index contributed by atoms with van der Waals surface area (Å²) in [5.41, 5.74) is 0.834. The van der Waals surface area contributed by atoms with Gasteiger partial charge in [-0.15, -0.1) is 0 Å².